The second-order valence-electron chi connectivity index (χ2n) is 7.25. The van der Waals surface area contributed by atoms with Crippen LogP contribution in [0, 0.1) is 17.2 Å². The number of benzene rings is 1. The van der Waals surface area contributed by atoms with E-state index in [9.17, 15) is 15.3 Å². The number of aromatic nitrogens is 4. The van der Waals surface area contributed by atoms with E-state index < -0.39 is 41.4 Å². The summed E-state index contributed by atoms with van der Waals surface area (Å²) in [6.07, 6.45) is -3.01. The van der Waals surface area contributed by atoms with Crippen molar-refractivity contribution in [3.05, 3.63) is 46.5 Å². The Labute approximate surface area is 202 Å². The first kappa shape index (κ1) is 26.4. The number of imidazole rings is 1. The molecule has 4 rings (SSSR count). The standard InChI is InChI=1S/C18H20BrN5O5.ClHO4/c1-9-3-2-4-10(5-9)7-28-23-8-21-16-12(15(23)20)22-18(19)24(16)17-14(27)13(26)11(6-25)29-17;2-1(3,4)5/h2-5,8,11,13-14,17,20,25-27H,6-7H2,1H3;(H,2,3,4,5)/t11-,13-,14-,17-;/m1./s1. The summed E-state index contributed by atoms with van der Waals surface area (Å²) in [5, 5.41) is 29.7. The van der Waals surface area contributed by atoms with Crippen LogP contribution in [0.1, 0.15) is 17.4 Å². The van der Waals surface area contributed by atoms with Crippen LogP contribution in [0.3, 0.4) is 0 Å². The Bertz CT molecular complexity index is 1140. The van der Waals surface area contributed by atoms with Gasteiger partial charge in [0.05, 0.1) is 6.61 Å². The predicted molar refractivity (Wildman–Crippen MR) is 104 cm³/mol. The van der Waals surface area contributed by atoms with E-state index in [1.165, 1.54) is 15.6 Å². The van der Waals surface area contributed by atoms with Crippen molar-refractivity contribution in [2.75, 3.05) is 12.3 Å². The van der Waals surface area contributed by atoms with Gasteiger partial charge in [0.15, 0.2) is 17.6 Å². The third kappa shape index (κ3) is 6.08. The number of halogens is 2. The number of hydrogen-bond acceptors (Lipinski definition) is 12. The van der Waals surface area contributed by atoms with Crippen LogP contribution in [0.2, 0.25) is 0 Å². The first-order chi connectivity index (χ1) is 15.9. The third-order valence-corrected chi connectivity index (χ3v) is 5.39. The van der Waals surface area contributed by atoms with Crippen molar-refractivity contribution in [1.29, 1.82) is 0 Å². The first-order valence-corrected chi connectivity index (χ1v) is 11.6. The number of hydrogen-bond donors (Lipinski definition) is 4. The number of aryl methyl sites for hydroxylation is 1. The van der Waals surface area contributed by atoms with Gasteiger partial charge in [0, 0.05) is 0 Å². The molecule has 3 heterocycles. The minimum Gasteiger partial charge on any atom is -0.394 e. The van der Waals surface area contributed by atoms with Gasteiger partial charge in [-0.25, -0.2) is 23.6 Å². The van der Waals surface area contributed by atoms with Crippen LogP contribution in [0.4, 0.5) is 5.82 Å². The Morgan fingerprint density at radius 2 is 1.94 bits per heavy atom. The minimum atomic E-state index is -4.94. The highest BCUT2D eigenvalue weighted by atomic mass is 79.9. The van der Waals surface area contributed by atoms with Gasteiger partial charge in [-0.1, -0.05) is 39.5 Å². The summed E-state index contributed by atoms with van der Waals surface area (Å²) < 4.78 is 42.7. The van der Waals surface area contributed by atoms with E-state index in [1.807, 2.05) is 31.2 Å². The molecule has 1 saturated heterocycles. The summed E-state index contributed by atoms with van der Waals surface area (Å²) in [7, 11) is -4.94. The smallest absolute Gasteiger partial charge is 0.289 e. The number of rotatable bonds is 5. The molecule has 0 amide bonds. The van der Waals surface area contributed by atoms with Crippen LogP contribution in [-0.2, 0) is 11.3 Å². The van der Waals surface area contributed by atoms with Gasteiger partial charge in [0.2, 0.25) is 11.2 Å². The SMILES string of the molecule is Cc1cccc(CO[n+]2cnc3c(nc(Br)n3[C@@H]3O[C@H](CO)[C@@H](O)[C@H]3O)c2N)c1.[O-][Cl+3]([O-])([O-])[O-]. The highest BCUT2D eigenvalue weighted by Gasteiger charge is 2.45. The van der Waals surface area contributed by atoms with Crippen molar-refractivity contribution in [3.63, 3.8) is 0 Å². The molecular formula is C18H21BrClN5O9. The van der Waals surface area contributed by atoms with Crippen molar-refractivity contribution in [2.45, 2.75) is 38.1 Å². The quantitative estimate of drug-likeness (QED) is 0.168. The Morgan fingerprint density at radius 3 is 2.53 bits per heavy atom. The molecule has 16 heteroatoms. The van der Waals surface area contributed by atoms with Crippen molar-refractivity contribution in [1.82, 2.24) is 14.5 Å². The van der Waals surface area contributed by atoms with Crippen molar-refractivity contribution in [2.24, 2.45) is 0 Å². The molecule has 0 saturated carbocycles. The molecule has 0 unspecified atom stereocenters. The summed E-state index contributed by atoms with van der Waals surface area (Å²) in [4.78, 5) is 14.4. The maximum atomic E-state index is 10.3. The third-order valence-electron chi connectivity index (χ3n) is 4.83. The Morgan fingerprint density at radius 1 is 1.26 bits per heavy atom. The van der Waals surface area contributed by atoms with Gasteiger partial charge in [0.25, 0.3) is 12.1 Å². The monoisotopic (exact) mass is 565 g/mol. The maximum absolute atomic E-state index is 10.3. The van der Waals surface area contributed by atoms with E-state index in [0.717, 1.165) is 11.1 Å². The van der Waals surface area contributed by atoms with Crippen LogP contribution in [0.25, 0.3) is 11.2 Å². The second kappa shape index (κ2) is 10.6. The lowest BCUT2D eigenvalue weighted by molar-refractivity contribution is -2.00. The Balaban J connectivity index is 0.000000588. The molecule has 1 fully saturated rings. The van der Waals surface area contributed by atoms with Gasteiger partial charge < -0.3 is 30.6 Å². The van der Waals surface area contributed by atoms with Crippen molar-refractivity contribution < 1.29 is 58.5 Å². The summed E-state index contributed by atoms with van der Waals surface area (Å²) in [5.41, 5.74) is 8.99. The largest absolute Gasteiger partial charge is 0.394 e. The first-order valence-electron chi connectivity index (χ1n) is 9.57. The summed E-state index contributed by atoms with van der Waals surface area (Å²) >= 11 is 3.32. The van der Waals surface area contributed by atoms with E-state index in [4.69, 9.17) is 33.9 Å². The zero-order valence-corrected chi connectivity index (χ0v) is 19.9. The fraction of sp³-hybridized carbons (Fsp3) is 0.389. The molecule has 1 aromatic carbocycles. The van der Waals surface area contributed by atoms with Crippen LogP contribution < -0.4 is 33.9 Å². The number of nitrogen functional groups attached to an aromatic ring is 1. The number of nitrogens with zero attached hydrogens (tertiary/aromatic N) is 4. The molecular weight excluding hydrogens is 546 g/mol. The topological polar surface area (TPSA) is 232 Å². The molecule has 1 aliphatic rings. The van der Waals surface area contributed by atoms with E-state index >= 15 is 0 Å². The lowest BCUT2D eigenvalue weighted by atomic mass is 10.1. The van der Waals surface area contributed by atoms with E-state index in [-0.39, 0.29) is 5.82 Å². The lowest BCUT2D eigenvalue weighted by Gasteiger charge is -2.17. The number of ether oxygens (including phenoxy) is 1. The number of aliphatic hydroxyl groups is 3. The van der Waals surface area contributed by atoms with E-state index in [1.54, 1.807) is 0 Å². The predicted octanol–water partition coefficient (Wildman–Crippen LogP) is -5.14. The zero-order chi connectivity index (χ0) is 25.2. The molecule has 186 valence electrons. The van der Waals surface area contributed by atoms with Gasteiger partial charge >= 0.3 is 0 Å². The molecule has 5 N–H and O–H groups in total. The summed E-state index contributed by atoms with van der Waals surface area (Å²) in [6.45, 7) is 1.86. The van der Waals surface area contributed by atoms with E-state index in [2.05, 4.69) is 25.9 Å². The van der Waals surface area contributed by atoms with Gasteiger partial charge in [-0.3, -0.25) is 4.57 Å². The molecule has 0 bridgehead atoms. The highest BCUT2D eigenvalue weighted by Crippen LogP contribution is 2.34. The molecule has 0 radical (unpaired) electrons. The summed E-state index contributed by atoms with van der Waals surface area (Å²) in [5.74, 6) is 0.217. The Hall–Kier alpha value is -2.18. The number of aliphatic hydroxyl groups excluding tert-OH is 3. The molecule has 4 atom stereocenters. The number of nitrogens with two attached hydrogens (primary N) is 1. The Kier molecular flexibility index (Phi) is 8.25. The maximum Gasteiger partial charge on any atom is 0.289 e. The summed E-state index contributed by atoms with van der Waals surface area (Å²) in [6, 6.07) is 7.91. The van der Waals surface area contributed by atoms with Gasteiger partial charge in [-0.15, -0.1) is 10.2 Å². The molecule has 1 aliphatic heterocycles. The lowest BCUT2D eigenvalue weighted by Crippen LogP contribution is -2.68. The second-order valence-corrected chi connectivity index (χ2v) is 8.71. The van der Waals surface area contributed by atoms with Gasteiger partial charge in [-0.05, 0) is 28.4 Å². The zero-order valence-electron chi connectivity index (χ0n) is 17.5. The highest BCUT2D eigenvalue weighted by molar-refractivity contribution is 9.10. The van der Waals surface area contributed by atoms with Crippen molar-refractivity contribution >= 4 is 32.9 Å². The normalized spacial score (nSPS) is 22.5. The minimum absolute atomic E-state index is 0.217. The van der Waals surface area contributed by atoms with Crippen LogP contribution >= 0.6 is 15.9 Å². The fourth-order valence-corrected chi connectivity index (χ4v) is 3.88. The average molecular weight is 567 g/mol. The number of fused-ring (bicyclic) bond motifs is 1. The fourth-order valence-electron chi connectivity index (χ4n) is 3.33. The van der Waals surface area contributed by atoms with Crippen LogP contribution in [0.5, 0.6) is 0 Å². The molecule has 2 aromatic heterocycles. The number of anilines is 1. The van der Waals surface area contributed by atoms with Crippen LogP contribution in [-0.4, -0.2) is 54.8 Å². The van der Waals surface area contributed by atoms with Crippen molar-refractivity contribution in [3.8, 4) is 0 Å². The van der Waals surface area contributed by atoms with E-state index in [0.29, 0.717) is 22.5 Å². The van der Waals surface area contributed by atoms with Crippen LogP contribution in [0.15, 0.2) is 35.3 Å². The molecule has 34 heavy (non-hydrogen) atoms. The van der Waals surface area contributed by atoms with Gasteiger partial charge in [-0.2, -0.15) is 0 Å². The average Bonchev–Trinajstić information content (AvgIpc) is 3.22. The van der Waals surface area contributed by atoms with Gasteiger partial charge in [0.1, 0.15) is 18.3 Å². The molecule has 14 nitrogen and oxygen atoms in total. The molecule has 0 spiro atoms. The molecule has 0 aliphatic carbocycles. The molecule has 3 aromatic rings.